The number of carbonyl (C=O) groups is 2. The van der Waals surface area contributed by atoms with Crippen molar-refractivity contribution in [2.45, 2.75) is 29.9 Å². The number of ether oxygens (including phenoxy) is 1. The standard InChI is InChI=1S/C29H30ClN2O5S.BrH/c30-24-11-13-25(14-12-24)38(35,36)31-28(23-9-5-2-6-10-23)29(34)37-27-20-32(17-15-22(27)16-18-32)19-26(33)21-7-3-1-4-8-21;/h1-14,22,27-28,31H,15-20H2;1H/q+1;/p-1/t22?,27-,28?,32?;/m0./s1. The number of hydrogen-bond donors (Lipinski definition) is 1. The van der Waals surface area contributed by atoms with Gasteiger partial charge in [0.1, 0.15) is 19.1 Å². The number of nitrogens with zero attached hydrogens (tertiary/aromatic N) is 1. The maximum atomic E-state index is 13.6. The number of hydrogen-bond acceptors (Lipinski definition) is 5. The third kappa shape index (κ3) is 6.78. The fourth-order valence-electron chi connectivity index (χ4n) is 5.55. The zero-order valence-electron chi connectivity index (χ0n) is 21.2. The average molecular weight is 634 g/mol. The minimum Gasteiger partial charge on any atom is -1.00 e. The van der Waals surface area contributed by atoms with Crippen LogP contribution in [-0.2, 0) is 19.6 Å². The lowest BCUT2D eigenvalue weighted by molar-refractivity contribution is -0.938. The van der Waals surface area contributed by atoms with Crippen LogP contribution in [-0.4, -0.2) is 56.9 Å². The van der Waals surface area contributed by atoms with Gasteiger partial charge in [0.05, 0.1) is 18.0 Å². The molecule has 7 nitrogen and oxygen atoms in total. The van der Waals surface area contributed by atoms with Crippen LogP contribution >= 0.6 is 11.6 Å². The third-order valence-electron chi connectivity index (χ3n) is 7.65. The van der Waals surface area contributed by atoms with Crippen molar-refractivity contribution in [3.8, 4) is 0 Å². The number of halogens is 2. The fourth-order valence-corrected chi connectivity index (χ4v) is 6.85. The smallest absolute Gasteiger partial charge is 0.329 e. The summed E-state index contributed by atoms with van der Waals surface area (Å²) in [6, 6.07) is 22.5. The second-order valence-electron chi connectivity index (χ2n) is 10.2. The molecule has 206 valence electrons. The van der Waals surface area contributed by atoms with E-state index in [-0.39, 0.29) is 39.7 Å². The number of sulfonamides is 1. The SMILES string of the molecule is O=C(C[N+]12CCC(CC1)[C@@H](OC(=O)C(NS(=O)(=O)c1ccc(Cl)cc1)c1ccccc1)C2)c1ccccc1.[Br-]. The van der Waals surface area contributed by atoms with Gasteiger partial charge < -0.3 is 26.2 Å². The summed E-state index contributed by atoms with van der Waals surface area (Å²) in [4.78, 5) is 26.6. The van der Waals surface area contributed by atoms with E-state index >= 15 is 0 Å². The molecule has 3 saturated heterocycles. The molecule has 1 unspecified atom stereocenters. The number of carbonyl (C=O) groups excluding carboxylic acids is 2. The number of fused-ring (bicyclic) bond motifs is 3. The maximum Gasteiger partial charge on any atom is 0.329 e. The number of nitrogens with one attached hydrogen (secondary N) is 1. The summed E-state index contributed by atoms with van der Waals surface area (Å²) in [5.41, 5.74) is 1.17. The highest BCUT2D eigenvalue weighted by Gasteiger charge is 2.49. The first-order valence-corrected chi connectivity index (χ1v) is 14.6. The lowest BCUT2D eigenvalue weighted by Crippen LogP contribution is -3.00. The maximum absolute atomic E-state index is 13.6. The molecule has 0 aliphatic carbocycles. The number of esters is 1. The first kappa shape index (κ1) is 29.4. The Morgan fingerprint density at radius 2 is 1.51 bits per heavy atom. The number of benzene rings is 3. The third-order valence-corrected chi connectivity index (χ3v) is 9.34. The molecular weight excluding hydrogens is 604 g/mol. The Kier molecular flexibility index (Phi) is 9.29. The Labute approximate surface area is 244 Å². The molecule has 3 aliphatic rings. The molecule has 2 bridgehead atoms. The number of ketones is 1. The minimum absolute atomic E-state index is 0. The summed E-state index contributed by atoms with van der Waals surface area (Å²) >= 11 is 5.92. The Balaban J connectivity index is 0.00000353. The minimum atomic E-state index is -4.04. The molecule has 0 spiro atoms. The van der Waals surface area contributed by atoms with Crippen LogP contribution in [0.25, 0.3) is 0 Å². The Bertz CT molecular complexity index is 1400. The molecule has 1 N–H and O–H groups in total. The van der Waals surface area contributed by atoms with Gasteiger partial charge in [0.15, 0.2) is 6.10 Å². The monoisotopic (exact) mass is 632 g/mol. The van der Waals surface area contributed by atoms with Crippen LogP contribution in [0, 0.1) is 5.92 Å². The lowest BCUT2D eigenvalue weighted by atomic mass is 9.82. The molecule has 3 aromatic carbocycles. The van der Waals surface area contributed by atoms with Crippen molar-refractivity contribution in [2.75, 3.05) is 26.2 Å². The van der Waals surface area contributed by atoms with E-state index in [9.17, 15) is 18.0 Å². The first-order chi connectivity index (χ1) is 18.2. The summed E-state index contributed by atoms with van der Waals surface area (Å²) in [7, 11) is -4.04. The second-order valence-corrected chi connectivity index (χ2v) is 12.3. The van der Waals surface area contributed by atoms with Gasteiger partial charge in [-0.1, -0.05) is 72.3 Å². The van der Waals surface area contributed by atoms with Crippen molar-refractivity contribution >= 4 is 33.4 Å². The molecule has 6 rings (SSSR count). The predicted molar refractivity (Wildman–Crippen MR) is 144 cm³/mol. The number of rotatable bonds is 9. The number of Topliss-reactive ketones (excluding diaryl/α,β-unsaturated/α-hetero) is 1. The topological polar surface area (TPSA) is 89.5 Å². The van der Waals surface area contributed by atoms with Crippen molar-refractivity contribution in [1.29, 1.82) is 0 Å². The molecular formula is C29H30BrClN2O5S. The van der Waals surface area contributed by atoms with E-state index in [2.05, 4.69) is 4.72 Å². The summed E-state index contributed by atoms with van der Waals surface area (Å²) in [5, 5.41) is 0.410. The van der Waals surface area contributed by atoms with Gasteiger partial charge in [0.25, 0.3) is 0 Å². The lowest BCUT2D eigenvalue weighted by Gasteiger charge is -2.51. The van der Waals surface area contributed by atoms with Crippen LogP contribution in [0.2, 0.25) is 5.02 Å². The second kappa shape index (κ2) is 12.3. The normalized spacial score (nSPS) is 22.9. The zero-order valence-corrected chi connectivity index (χ0v) is 24.4. The predicted octanol–water partition coefficient (Wildman–Crippen LogP) is 1.40. The molecule has 39 heavy (non-hydrogen) atoms. The highest BCUT2D eigenvalue weighted by Crippen LogP contribution is 2.36. The van der Waals surface area contributed by atoms with Gasteiger partial charge in [-0.05, 0) is 29.8 Å². The molecule has 0 saturated carbocycles. The van der Waals surface area contributed by atoms with Crippen molar-refractivity contribution in [3.63, 3.8) is 0 Å². The van der Waals surface area contributed by atoms with Gasteiger partial charge in [0.2, 0.25) is 15.8 Å². The number of quaternary nitrogens is 1. The van der Waals surface area contributed by atoms with E-state index in [1.807, 2.05) is 30.3 Å². The quantitative estimate of drug-likeness (QED) is 0.219. The molecule has 0 amide bonds. The van der Waals surface area contributed by atoms with Crippen molar-refractivity contribution < 1.29 is 44.2 Å². The number of piperidine rings is 3. The summed E-state index contributed by atoms with van der Waals surface area (Å²) < 4.78 is 35.5. The molecule has 2 atom stereocenters. The van der Waals surface area contributed by atoms with Crippen molar-refractivity contribution in [3.05, 3.63) is 101 Å². The van der Waals surface area contributed by atoms with Gasteiger partial charge in [-0.25, -0.2) is 13.2 Å². The van der Waals surface area contributed by atoms with E-state index in [4.69, 9.17) is 16.3 Å². The van der Waals surface area contributed by atoms with Gasteiger partial charge in [-0.2, -0.15) is 4.72 Å². The van der Waals surface area contributed by atoms with E-state index in [1.165, 1.54) is 24.3 Å². The molecule has 10 heteroatoms. The Hall–Kier alpha value is -2.56. The summed E-state index contributed by atoms with van der Waals surface area (Å²) in [6.07, 6.45) is 1.32. The first-order valence-electron chi connectivity index (χ1n) is 12.7. The molecule has 3 fully saturated rings. The van der Waals surface area contributed by atoms with Crippen LogP contribution in [0.3, 0.4) is 0 Å². The molecule has 3 heterocycles. The van der Waals surface area contributed by atoms with Crippen LogP contribution in [0.4, 0.5) is 0 Å². The van der Waals surface area contributed by atoms with E-state index < -0.39 is 22.0 Å². The van der Waals surface area contributed by atoms with E-state index in [0.29, 0.717) is 33.7 Å². The van der Waals surface area contributed by atoms with Crippen LogP contribution < -0.4 is 21.7 Å². The highest BCUT2D eigenvalue weighted by molar-refractivity contribution is 7.89. The average Bonchev–Trinajstić information content (AvgIpc) is 2.93. The van der Waals surface area contributed by atoms with Crippen molar-refractivity contribution in [2.24, 2.45) is 5.92 Å². The Morgan fingerprint density at radius 1 is 0.923 bits per heavy atom. The van der Waals surface area contributed by atoms with Gasteiger partial charge in [-0.15, -0.1) is 0 Å². The van der Waals surface area contributed by atoms with Gasteiger partial charge >= 0.3 is 5.97 Å². The van der Waals surface area contributed by atoms with Crippen LogP contribution in [0.5, 0.6) is 0 Å². The van der Waals surface area contributed by atoms with Crippen LogP contribution in [0.15, 0.2) is 89.8 Å². The molecule has 0 radical (unpaired) electrons. The van der Waals surface area contributed by atoms with E-state index in [1.54, 1.807) is 30.3 Å². The van der Waals surface area contributed by atoms with Gasteiger partial charge in [-0.3, -0.25) is 4.79 Å². The summed E-state index contributed by atoms with van der Waals surface area (Å²) in [5.74, 6) is -0.385. The molecule has 3 aromatic rings. The summed E-state index contributed by atoms with van der Waals surface area (Å²) in [6.45, 7) is 2.63. The molecule has 3 aliphatic heterocycles. The largest absolute Gasteiger partial charge is 1.00 e. The van der Waals surface area contributed by atoms with E-state index in [0.717, 1.165) is 25.9 Å². The highest BCUT2D eigenvalue weighted by atomic mass is 79.9. The fraction of sp³-hybridized carbons (Fsp3) is 0.310. The zero-order chi connectivity index (χ0) is 26.8. The van der Waals surface area contributed by atoms with Crippen molar-refractivity contribution in [1.82, 2.24) is 4.72 Å². The van der Waals surface area contributed by atoms with Crippen LogP contribution in [0.1, 0.15) is 34.8 Å². The Morgan fingerprint density at radius 3 is 2.13 bits per heavy atom. The van der Waals surface area contributed by atoms with Gasteiger partial charge in [0, 0.05) is 29.3 Å². The molecule has 0 aromatic heterocycles.